The van der Waals surface area contributed by atoms with Crippen molar-refractivity contribution in [3.8, 4) is 0 Å². The highest BCUT2D eigenvalue weighted by Gasteiger charge is 2.22. The summed E-state index contributed by atoms with van der Waals surface area (Å²) in [6.07, 6.45) is 6.28. The maximum absolute atomic E-state index is 14.4. The second-order valence-corrected chi connectivity index (χ2v) is 11.1. The minimum Gasteiger partial charge on any atom is -0.444 e. The zero-order valence-electron chi connectivity index (χ0n) is 22.7. The van der Waals surface area contributed by atoms with Gasteiger partial charge in [-0.1, -0.05) is 23.9 Å². The third-order valence-electron chi connectivity index (χ3n) is 5.35. The average molecular weight is 550 g/mol. The maximum atomic E-state index is 14.4. The Balaban J connectivity index is 1.78. The van der Waals surface area contributed by atoms with Crippen LogP contribution in [0.15, 0.2) is 47.0 Å². The van der Waals surface area contributed by atoms with Gasteiger partial charge in [0.05, 0.1) is 23.3 Å². The summed E-state index contributed by atoms with van der Waals surface area (Å²) in [4.78, 5) is 24.7. The van der Waals surface area contributed by atoms with Gasteiger partial charge in [0, 0.05) is 18.3 Å². The molecule has 210 valence electrons. The number of halogens is 1. The fourth-order valence-electron chi connectivity index (χ4n) is 3.44. The van der Waals surface area contributed by atoms with Crippen molar-refractivity contribution >= 4 is 28.8 Å². The summed E-state index contributed by atoms with van der Waals surface area (Å²) in [6, 6.07) is 3.79. The molecule has 2 amide bonds. The predicted octanol–water partition coefficient (Wildman–Crippen LogP) is 3.43. The van der Waals surface area contributed by atoms with E-state index >= 15 is 0 Å². The average Bonchev–Trinajstić information content (AvgIpc) is 3.26. The number of thioether (sulfide) groups is 1. The number of unbranched alkanes of at least 4 members (excludes halogenated alkanes) is 1. The van der Waals surface area contributed by atoms with Gasteiger partial charge in [-0.3, -0.25) is 10.2 Å². The standard InChI is InChI=1S/C26H40FN7O3S/c1-16(31-25(36)37-26(2,3)4)19-14-17(10-12-20(19)27)15-22(35)32-24-34-33-23(38-24)9-7-6-8-18(28)11-13-21(29)30-5/h10-14,16,24,30,34H,6-9,15,28-29H2,1-5H3,(H,31,36)(H,32,35)/b18-11-,21-13+. The smallest absolute Gasteiger partial charge is 0.408 e. The summed E-state index contributed by atoms with van der Waals surface area (Å²) in [5, 5.41) is 13.5. The number of benzene rings is 1. The molecule has 1 aromatic carbocycles. The number of hydrazone groups is 1. The van der Waals surface area contributed by atoms with Crippen LogP contribution in [0.4, 0.5) is 9.18 Å². The molecule has 2 unspecified atom stereocenters. The highest BCUT2D eigenvalue weighted by Crippen LogP contribution is 2.22. The summed E-state index contributed by atoms with van der Waals surface area (Å²) >= 11 is 1.45. The third kappa shape index (κ3) is 11.3. The van der Waals surface area contributed by atoms with Crippen LogP contribution in [0.25, 0.3) is 0 Å². The number of nitrogens with two attached hydrogens (primary N) is 2. The summed E-state index contributed by atoms with van der Waals surface area (Å²) < 4.78 is 19.7. The second kappa shape index (κ2) is 14.5. The molecule has 8 N–H and O–H groups in total. The molecule has 10 nitrogen and oxygen atoms in total. The van der Waals surface area contributed by atoms with Gasteiger partial charge in [0.25, 0.3) is 0 Å². The molecule has 38 heavy (non-hydrogen) atoms. The van der Waals surface area contributed by atoms with Gasteiger partial charge in [0.15, 0.2) is 5.50 Å². The lowest BCUT2D eigenvalue weighted by Gasteiger charge is -2.22. The molecule has 1 heterocycles. The fraction of sp³-hybridized carbons (Fsp3) is 0.500. The molecule has 2 rings (SSSR count). The molecular weight excluding hydrogens is 509 g/mol. The molecule has 0 saturated carbocycles. The van der Waals surface area contributed by atoms with E-state index in [0.29, 0.717) is 11.4 Å². The van der Waals surface area contributed by atoms with Gasteiger partial charge in [0.2, 0.25) is 5.91 Å². The second-order valence-electron chi connectivity index (χ2n) is 9.92. The highest BCUT2D eigenvalue weighted by atomic mass is 32.2. The first-order valence-electron chi connectivity index (χ1n) is 12.5. The third-order valence-corrected chi connectivity index (χ3v) is 6.38. The zero-order valence-corrected chi connectivity index (χ0v) is 23.5. The molecule has 1 aromatic rings. The molecule has 1 aliphatic rings. The van der Waals surface area contributed by atoms with Gasteiger partial charge in [-0.2, -0.15) is 5.10 Å². The summed E-state index contributed by atoms with van der Waals surface area (Å²) in [5.74, 6) is -0.156. The van der Waals surface area contributed by atoms with Crippen LogP contribution < -0.4 is 32.8 Å². The van der Waals surface area contributed by atoms with Gasteiger partial charge in [-0.25, -0.2) is 9.18 Å². The van der Waals surface area contributed by atoms with Crippen LogP contribution in [0.3, 0.4) is 0 Å². The van der Waals surface area contributed by atoms with Crippen molar-refractivity contribution < 1.29 is 18.7 Å². The molecule has 0 fully saturated rings. The highest BCUT2D eigenvalue weighted by molar-refractivity contribution is 8.14. The summed E-state index contributed by atoms with van der Waals surface area (Å²) in [5.41, 5.74) is 15.2. The van der Waals surface area contributed by atoms with Crippen LogP contribution in [0.2, 0.25) is 0 Å². The Bertz CT molecular complexity index is 1070. The lowest BCUT2D eigenvalue weighted by Crippen LogP contribution is -2.39. The van der Waals surface area contributed by atoms with E-state index in [4.69, 9.17) is 16.2 Å². The quantitative estimate of drug-likeness (QED) is 0.171. The van der Waals surface area contributed by atoms with E-state index in [2.05, 4.69) is 26.5 Å². The van der Waals surface area contributed by atoms with E-state index < -0.39 is 23.6 Å². The van der Waals surface area contributed by atoms with Gasteiger partial charge >= 0.3 is 6.09 Å². The SMILES string of the molecule is CN/C(N)=C/C=C(\N)CCCCC1=NNC(NC(=O)Cc2ccc(F)c(C(C)NC(=O)OC(C)(C)C)c2)S1. The summed E-state index contributed by atoms with van der Waals surface area (Å²) in [7, 11) is 1.74. The van der Waals surface area contributed by atoms with E-state index in [1.807, 2.05) is 0 Å². The molecule has 1 aliphatic heterocycles. The Hall–Kier alpha value is -3.41. The first-order valence-corrected chi connectivity index (χ1v) is 13.4. The number of carbonyl (C=O) groups excluding carboxylic acids is 2. The summed E-state index contributed by atoms with van der Waals surface area (Å²) in [6.45, 7) is 6.91. The molecule has 12 heteroatoms. The number of hydrogen-bond donors (Lipinski definition) is 6. The molecule has 0 bridgehead atoms. The number of carbonyl (C=O) groups is 2. The molecule has 0 radical (unpaired) electrons. The van der Waals surface area contributed by atoms with Crippen LogP contribution in [-0.2, 0) is 16.0 Å². The minimum absolute atomic E-state index is 0.0542. The monoisotopic (exact) mass is 549 g/mol. The van der Waals surface area contributed by atoms with Gasteiger partial charge < -0.3 is 32.2 Å². The van der Waals surface area contributed by atoms with Crippen molar-refractivity contribution in [1.29, 1.82) is 0 Å². The number of hydrogen-bond acceptors (Lipinski definition) is 9. The molecule has 0 saturated heterocycles. The van der Waals surface area contributed by atoms with E-state index in [-0.39, 0.29) is 23.4 Å². The first-order chi connectivity index (χ1) is 17.9. The molecular formula is C26H40FN7O3S. The topological polar surface area (TPSA) is 156 Å². The van der Waals surface area contributed by atoms with Crippen molar-refractivity contribution in [2.75, 3.05) is 7.05 Å². The number of allylic oxidation sites excluding steroid dienone is 3. The molecule has 0 spiro atoms. The van der Waals surface area contributed by atoms with Crippen molar-refractivity contribution in [3.05, 3.63) is 58.8 Å². The lowest BCUT2D eigenvalue weighted by molar-refractivity contribution is -0.120. The van der Waals surface area contributed by atoms with Crippen LogP contribution in [0.5, 0.6) is 0 Å². The number of ether oxygens (including phenoxy) is 1. The van der Waals surface area contributed by atoms with Crippen molar-refractivity contribution in [2.24, 2.45) is 16.6 Å². The number of rotatable bonds is 12. The van der Waals surface area contributed by atoms with E-state index in [1.54, 1.807) is 59.0 Å². The van der Waals surface area contributed by atoms with E-state index in [0.717, 1.165) is 36.4 Å². The van der Waals surface area contributed by atoms with E-state index in [1.165, 1.54) is 17.8 Å². The lowest BCUT2D eigenvalue weighted by atomic mass is 10.0. The van der Waals surface area contributed by atoms with Crippen LogP contribution in [0.1, 0.15) is 70.5 Å². The first kappa shape index (κ1) is 30.8. The largest absolute Gasteiger partial charge is 0.444 e. The molecule has 2 atom stereocenters. The van der Waals surface area contributed by atoms with Crippen LogP contribution in [0, 0.1) is 5.82 Å². The predicted molar refractivity (Wildman–Crippen MR) is 150 cm³/mol. The number of amides is 2. The molecule has 0 aromatic heterocycles. The zero-order chi connectivity index (χ0) is 28.3. The Morgan fingerprint density at radius 1 is 1.26 bits per heavy atom. The van der Waals surface area contributed by atoms with E-state index in [9.17, 15) is 14.0 Å². The molecule has 0 aliphatic carbocycles. The Morgan fingerprint density at radius 3 is 2.68 bits per heavy atom. The number of nitrogens with zero attached hydrogens (tertiary/aromatic N) is 1. The van der Waals surface area contributed by atoms with Gasteiger partial charge in [-0.05, 0) is 77.2 Å². The number of alkyl carbamates (subject to hydrolysis) is 1. The van der Waals surface area contributed by atoms with Crippen LogP contribution >= 0.6 is 11.8 Å². The van der Waals surface area contributed by atoms with Crippen molar-refractivity contribution in [2.45, 2.75) is 76.9 Å². The maximum Gasteiger partial charge on any atom is 0.408 e. The Kier molecular flexibility index (Phi) is 11.8. The van der Waals surface area contributed by atoms with Crippen molar-refractivity contribution in [1.82, 2.24) is 21.4 Å². The Morgan fingerprint density at radius 2 is 2.00 bits per heavy atom. The Labute approximate surface area is 228 Å². The van der Waals surface area contributed by atoms with Crippen LogP contribution in [-0.4, -0.2) is 35.2 Å². The number of nitrogens with one attached hydrogen (secondary N) is 4. The van der Waals surface area contributed by atoms with Crippen molar-refractivity contribution in [3.63, 3.8) is 0 Å². The normalized spacial score (nSPS) is 16.8. The minimum atomic E-state index is -0.664. The fourth-order valence-corrected chi connectivity index (χ4v) is 4.38. The van der Waals surface area contributed by atoms with Gasteiger partial charge in [-0.15, -0.1) is 0 Å². The van der Waals surface area contributed by atoms with Gasteiger partial charge in [0.1, 0.15) is 11.4 Å².